The Morgan fingerprint density at radius 3 is 1.03 bits per heavy atom. The molecule has 2 aromatic carbocycles. The highest BCUT2D eigenvalue weighted by atomic mass is 16.3. The van der Waals surface area contributed by atoms with Gasteiger partial charge in [-0.25, -0.2) is 0 Å². The van der Waals surface area contributed by atoms with Crippen LogP contribution in [0.2, 0.25) is 0 Å². The lowest BCUT2D eigenvalue weighted by Crippen LogP contribution is -2.30. The second-order valence-electron chi connectivity index (χ2n) is 8.96. The summed E-state index contributed by atoms with van der Waals surface area (Å²) in [5.74, 6) is 0. The molecule has 0 radical (unpaired) electrons. The van der Waals surface area contributed by atoms with E-state index < -0.39 is 0 Å². The molecule has 0 bridgehead atoms. The van der Waals surface area contributed by atoms with E-state index in [0.29, 0.717) is 38.5 Å². The van der Waals surface area contributed by atoms with E-state index in [1.807, 2.05) is 36.4 Å². The van der Waals surface area contributed by atoms with E-state index in [2.05, 4.69) is 34.9 Å². The number of hydrogen-bond donors (Lipinski definition) is 9. The Kier molecular flexibility index (Phi) is 25.3. The van der Waals surface area contributed by atoms with Crippen LogP contribution in [0.1, 0.15) is 49.7 Å². The largest absolute Gasteiger partial charge is 0.396 e. The van der Waals surface area contributed by atoms with Gasteiger partial charge in [0.05, 0.1) is 0 Å². The zero-order valence-corrected chi connectivity index (χ0v) is 22.7. The Labute approximate surface area is 228 Å². The Bertz CT molecular complexity index is 653. The fourth-order valence-electron chi connectivity index (χ4n) is 3.51. The molecule has 0 unspecified atom stereocenters. The predicted molar refractivity (Wildman–Crippen MR) is 152 cm³/mol. The van der Waals surface area contributed by atoms with Crippen molar-refractivity contribution in [3.05, 3.63) is 71.8 Å². The van der Waals surface area contributed by atoms with Crippen LogP contribution in [0.4, 0.5) is 0 Å². The lowest BCUT2D eigenvalue weighted by Gasteiger charge is -2.16. The molecule has 0 aliphatic carbocycles. The molecule has 10 N–H and O–H groups in total. The molecule has 2 aromatic rings. The third kappa shape index (κ3) is 21.1. The minimum atomic E-state index is -0.0370. The number of rotatable bonds is 18. The van der Waals surface area contributed by atoms with Crippen LogP contribution >= 0.6 is 0 Å². The summed E-state index contributed by atoms with van der Waals surface area (Å²) in [6.07, 6.45) is 3.92. The third-order valence-corrected chi connectivity index (χ3v) is 5.79. The van der Waals surface area contributed by atoms with Gasteiger partial charge in [0.25, 0.3) is 0 Å². The van der Waals surface area contributed by atoms with Gasteiger partial charge in [0, 0.05) is 70.9 Å². The molecular weight excluding hydrogens is 486 g/mol. The topological polar surface area (TPSA) is 171 Å². The van der Waals surface area contributed by atoms with E-state index in [4.69, 9.17) is 36.4 Å². The number of aliphatic hydroxyl groups excluding tert-OH is 6. The van der Waals surface area contributed by atoms with Crippen molar-refractivity contribution in [2.75, 3.05) is 39.6 Å². The molecule has 0 aliphatic heterocycles. The van der Waals surface area contributed by atoms with Crippen LogP contribution in [0.5, 0.6) is 0 Å². The van der Waals surface area contributed by atoms with Gasteiger partial charge in [-0.05, 0) is 49.7 Å². The Morgan fingerprint density at radius 1 is 0.474 bits per heavy atom. The van der Waals surface area contributed by atoms with Gasteiger partial charge in [0.1, 0.15) is 0 Å². The molecule has 9 nitrogen and oxygen atoms in total. The molecule has 0 spiro atoms. The summed E-state index contributed by atoms with van der Waals surface area (Å²) in [7, 11) is 0. The maximum Gasteiger partial charge on any atom is 0.0445 e. The highest BCUT2D eigenvalue weighted by Crippen LogP contribution is 2.03. The molecule has 0 atom stereocenters. The Hall–Kier alpha value is -1.92. The second kappa shape index (κ2) is 26.7. The maximum atomic E-state index is 8.84. The number of nitrogens with one attached hydrogen (secondary N) is 2. The molecule has 0 heterocycles. The first-order chi connectivity index (χ1) is 18.5. The van der Waals surface area contributed by atoms with Crippen LogP contribution in [-0.4, -0.2) is 88.4 Å². The summed E-state index contributed by atoms with van der Waals surface area (Å²) in [5, 5.41) is 58.6. The summed E-state index contributed by atoms with van der Waals surface area (Å²) in [6, 6.07) is 20.6. The Morgan fingerprint density at radius 2 is 0.763 bits per heavy atom. The Balaban J connectivity index is 0.000000569. The van der Waals surface area contributed by atoms with Gasteiger partial charge in [0.2, 0.25) is 0 Å². The first-order valence-electron chi connectivity index (χ1n) is 13.5. The van der Waals surface area contributed by atoms with E-state index in [-0.39, 0.29) is 57.8 Å². The highest BCUT2D eigenvalue weighted by Gasteiger charge is 2.07. The molecule has 0 saturated carbocycles. The van der Waals surface area contributed by atoms with Gasteiger partial charge in [-0.2, -0.15) is 0 Å². The maximum absolute atomic E-state index is 8.84. The quantitative estimate of drug-likeness (QED) is 0.134. The van der Waals surface area contributed by atoms with Crippen LogP contribution in [0, 0.1) is 0 Å². The van der Waals surface area contributed by atoms with Crippen molar-refractivity contribution >= 4 is 0 Å². The number of hydrogen-bond acceptors (Lipinski definition) is 9. The third-order valence-electron chi connectivity index (χ3n) is 5.79. The predicted octanol–water partition coefficient (Wildman–Crippen LogP) is 0.898. The first kappa shape index (κ1) is 36.1. The number of aliphatic hydroxyl groups is 6. The van der Waals surface area contributed by atoms with E-state index in [9.17, 15) is 0 Å². The molecule has 38 heavy (non-hydrogen) atoms. The van der Waals surface area contributed by atoms with Crippen LogP contribution < -0.4 is 16.4 Å². The first-order valence-corrected chi connectivity index (χ1v) is 13.5. The molecule has 0 aromatic heterocycles. The molecule has 0 fully saturated rings. The average molecular weight is 538 g/mol. The van der Waals surface area contributed by atoms with Gasteiger partial charge in [-0.1, -0.05) is 60.7 Å². The summed E-state index contributed by atoms with van der Waals surface area (Å²) < 4.78 is 0. The van der Waals surface area contributed by atoms with Crippen molar-refractivity contribution < 1.29 is 30.6 Å². The van der Waals surface area contributed by atoms with Crippen molar-refractivity contribution in [3.63, 3.8) is 0 Å². The zero-order valence-electron chi connectivity index (χ0n) is 22.7. The van der Waals surface area contributed by atoms with Crippen molar-refractivity contribution in [2.45, 2.75) is 69.7 Å². The normalized spacial score (nSPS) is 10.8. The van der Waals surface area contributed by atoms with Crippen molar-refractivity contribution in [3.8, 4) is 0 Å². The molecular formula is C29H51N3O6. The van der Waals surface area contributed by atoms with Gasteiger partial charge in [-0.3, -0.25) is 0 Å². The number of benzene rings is 2. The fraction of sp³-hybridized carbons (Fsp3) is 0.586. The van der Waals surface area contributed by atoms with Gasteiger partial charge in [-0.15, -0.1) is 0 Å². The van der Waals surface area contributed by atoms with Crippen molar-refractivity contribution in [2.24, 2.45) is 5.73 Å². The fourth-order valence-corrected chi connectivity index (χ4v) is 3.51. The average Bonchev–Trinajstić information content (AvgIpc) is 2.93. The van der Waals surface area contributed by atoms with Gasteiger partial charge < -0.3 is 47.0 Å². The SMILES string of the molecule is NC(CCO)CCO.OCCC(CCO)NCc1ccccc1.OCCC(CCO)NCc1ccccc1. The molecule has 218 valence electrons. The second-order valence-corrected chi connectivity index (χ2v) is 8.96. The summed E-state index contributed by atoms with van der Waals surface area (Å²) in [6.45, 7) is 2.43. The molecule has 0 aliphatic rings. The van der Waals surface area contributed by atoms with E-state index >= 15 is 0 Å². The lowest BCUT2D eigenvalue weighted by atomic mass is 10.1. The smallest absolute Gasteiger partial charge is 0.0445 e. The molecule has 0 amide bonds. The lowest BCUT2D eigenvalue weighted by molar-refractivity contribution is 0.226. The van der Waals surface area contributed by atoms with Gasteiger partial charge in [0.15, 0.2) is 0 Å². The van der Waals surface area contributed by atoms with E-state index in [1.54, 1.807) is 0 Å². The molecule has 0 saturated heterocycles. The standard InChI is InChI=1S/2C12H19NO2.C5H13NO2/c2*14-8-6-12(7-9-15)13-10-11-4-2-1-3-5-11;6-5(1-3-7)2-4-8/h2*1-5,12-15H,6-10H2;5,7-8H,1-4,6H2. The summed E-state index contributed by atoms with van der Waals surface area (Å²) in [4.78, 5) is 0. The van der Waals surface area contributed by atoms with Crippen LogP contribution in [0.3, 0.4) is 0 Å². The van der Waals surface area contributed by atoms with Crippen molar-refractivity contribution in [1.82, 2.24) is 10.6 Å². The van der Waals surface area contributed by atoms with E-state index in [1.165, 1.54) is 11.1 Å². The summed E-state index contributed by atoms with van der Waals surface area (Å²) >= 11 is 0. The monoisotopic (exact) mass is 537 g/mol. The van der Waals surface area contributed by atoms with Crippen LogP contribution in [0.25, 0.3) is 0 Å². The minimum Gasteiger partial charge on any atom is -0.396 e. The minimum absolute atomic E-state index is 0.0370. The molecule has 2 rings (SSSR count). The van der Waals surface area contributed by atoms with Crippen LogP contribution in [0.15, 0.2) is 60.7 Å². The van der Waals surface area contributed by atoms with Gasteiger partial charge >= 0.3 is 0 Å². The zero-order chi connectivity index (χ0) is 28.3. The van der Waals surface area contributed by atoms with E-state index in [0.717, 1.165) is 13.1 Å². The molecule has 9 heteroatoms. The van der Waals surface area contributed by atoms with Crippen LogP contribution in [-0.2, 0) is 13.1 Å². The summed E-state index contributed by atoms with van der Waals surface area (Å²) in [5.41, 5.74) is 7.82. The van der Waals surface area contributed by atoms with Crippen molar-refractivity contribution in [1.29, 1.82) is 0 Å². The highest BCUT2D eigenvalue weighted by molar-refractivity contribution is 5.15. The number of nitrogens with two attached hydrogens (primary N) is 1.